The maximum atomic E-state index is 13.9. The molecule has 0 saturated carbocycles. The zero-order chi connectivity index (χ0) is 23.2. The van der Waals surface area contributed by atoms with Crippen LogP contribution in [0.15, 0.2) is 58.5 Å². The molecule has 2 aromatic heterocycles. The third-order valence-corrected chi connectivity index (χ3v) is 8.94. The van der Waals surface area contributed by atoms with Crippen LogP contribution in [0.25, 0.3) is 15.9 Å². The van der Waals surface area contributed by atoms with Gasteiger partial charge in [-0.3, -0.25) is 9.36 Å². The van der Waals surface area contributed by atoms with Crippen molar-refractivity contribution in [1.29, 1.82) is 0 Å². The molecule has 33 heavy (non-hydrogen) atoms. The van der Waals surface area contributed by atoms with Gasteiger partial charge in [0.2, 0.25) is 0 Å². The fraction of sp³-hybridized carbons (Fsp3) is 0.280. The highest BCUT2D eigenvalue weighted by atomic mass is 35.5. The number of para-hydroxylation sites is 1. The van der Waals surface area contributed by atoms with Gasteiger partial charge in [-0.1, -0.05) is 66.2 Å². The number of benzene rings is 2. The molecule has 0 fully saturated rings. The largest absolute Gasteiger partial charge is 0.369 e. The van der Waals surface area contributed by atoms with Crippen molar-refractivity contribution in [1.82, 2.24) is 9.55 Å². The molecule has 0 amide bonds. The van der Waals surface area contributed by atoms with Gasteiger partial charge in [0.1, 0.15) is 4.83 Å². The van der Waals surface area contributed by atoms with Crippen LogP contribution in [-0.2, 0) is 23.5 Å². The molecule has 1 atom stereocenters. The van der Waals surface area contributed by atoms with Gasteiger partial charge in [-0.2, -0.15) is 0 Å². The topological polar surface area (TPSA) is 44.1 Å². The van der Waals surface area contributed by atoms with Gasteiger partial charge in [-0.05, 0) is 48.7 Å². The summed E-state index contributed by atoms with van der Waals surface area (Å²) in [6.45, 7) is 4.76. The summed E-state index contributed by atoms with van der Waals surface area (Å²) >= 11 is 15.3. The smallest absolute Gasteiger partial charge is 0.267 e. The third kappa shape index (κ3) is 4.35. The number of thiophene rings is 1. The second-order valence-corrected chi connectivity index (χ2v) is 11.2. The van der Waals surface area contributed by atoms with Crippen LogP contribution >= 0.6 is 46.3 Å². The van der Waals surface area contributed by atoms with Crippen LogP contribution in [0.5, 0.6) is 0 Å². The summed E-state index contributed by atoms with van der Waals surface area (Å²) in [5.41, 5.74) is 2.63. The molecule has 3 heterocycles. The van der Waals surface area contributed by atoms with E-state index in [9.17, 15) is 4.79 Å². The predicted octanol–water partition coefficient (Wildman–Crippen LogP) is 7.29. The van der Waals surface area contributed by atoms with E-state index in [0.29, 0.717) is 27.6 Å². The molecule has 0 spiro atoms. The number of ether oxygens (including phenoxy) is 1. The van der Waals surface area contributed by atoms with Crippen molar-refractivity contribution in [2.75, 3.05) is 0 Å². The number of hydrogen-bond donors (Lipinski definition) is 0. The second kappa shape index (κ2) is 9.08. The summed E-state index contributed by atoms with van der Waals surface area (Å²) in [4.78, 5) is 20.8. The monoisotopic (exact) mass is 516 g/mol. The first kappa shape index (κ1) is 22.9. The summed E-state index contributed by atoms with van der Waals surface area (Å²) < 4.78 is 7.86. The van der Waals surface area contributed by atoms with Crippen molar-refractivity contribution in [3.63, 3.8) is 0 Å². The lowest BCUT2D eigenvalue weighted by Crippen LogP contribution is -2.34. The molecule has 1 aliphatic rings. The SMILES string of the molecule is CC[C@]1(C)Cc2c(sc3nc(SCc4ccc(Cl)c(Cl)c4)n(-c4ccccc4)c(=O)c23)CO1. The van der Waals surface area contributed by atoms with Gasteiger partial charge in [0.25, 0.3) is 5.56 Å². The maximum absolute atomic E-state index is 13.9. The van der Waals surface area contributed by atoms with Gasteiger partial charge < -0.3 is 4.74 Å². The zero-order valence-electron chi connectivity index (χ0n) is 18.2. The first-order valence-electron chi connectivity index (χ1n) is 10.7. The van der Waals surface area contributed by atoms with E-state index in [4.69, 9.17) is 32.9 Å². The summed E-state index contributed by atoms with van der Waals surface area (Å²) in [7, 11) is 0. The minimum absolute atomic E-state index is 0.0271. The Labute approximate surface area is 210 Å². The van der Waals surface area contributed by atoms with E-state index in [1.165, 1.54) is 11.8 Å². The minimum Gasteiger partial charge on any atom is -0.369 e. The molecule has 0 bridgehead atoms. The lowest BCUT2D eigenvalue weighted by molar-refractivity contribution is -0.0543. The van der Waals surface area contributed by atoms with Crippen LogP contribution in [0, 0.1) is 0 Å². The Morgan fingerprint density at radius 3 is 2.70 bits per heavy atom. The molecule has 0 unspecified atom stereocenters. The van der Waals surface area contributed by atoms with Crippen molar-refractivity contribution in [3.8, 4) is 5.69 Å². The van der Waals surface area contributed by atoms with Gasteiger partial charge in [0.15, 0.2) is 5.16 Å². The van der Waals surface area contributed by atoms with Crippen molar-refractivity contribution < 1.29 is 4.74 Å². The van der Waals surface area contributed by atoms with E-state index in [1.807, 2.05) is 42.5 Å². The Balaban J connectivity index is 1.64. The second-order valence-electron chi connectivity index (χ2n) is 8.36. The van der Waals surface area contributed by atoms with Crippen LogP contribution in [0.1, 0.15) is 36.3 Å². The van der Waals surface area contributed by atoms with Crippen molar-refractivity contribution >= 4 is 56.5 Å². The molecule has 170 valence electrons. The highest BCUT2D eigenvalue weighted by Gasteiger charge is 2.33. The van der Waals surface area contributed by atoms with Gasteiger partial charge >= 0.3 is 0 Å². The maximum Gasteiger partial charge on any atom is 0.267 e. The normalized spacial score (nSPS) is 17.9. The van der Waals surface area contributed by atoms with E-state index < -0.39 is 0 Å². The fourth-order valence-corrected chi connectivity index (χ4v) is 6.43. The lowest BCUT2D eigenvalue weighted by atomic mass is 9.90. The van der Waals surface area contributed by atoms with Crippen molar-refractivity contribution in [3.05, 3.63) is 84.9 Å². The van der Waals surface area contributed by atoms with Gasteiger partial charge in [0.05, 0.1) is 33.3 Å². The summed E-state index contributed by atoms with van der Waals surface area (Å²) in [5.74, 6) is 0.615. The molecule has 4 aromatic rings. The van der Waals surface area contributed by atoms with E-state index >= 15 is 0 Å². The van der Waals surface area contributed by atoms with Crippen molar-refractivity contribution in [2.24, 2.45) is 0 Å². The van der Waals surface area contributed by atoms with Crippen LogP contribution in [0.2, 0.25) is 10.0 Å². The Morgan fingerprint density at radius 1 is 1.18 bits per heavy atom. The number of thioether (sulfide) groups is 1. The molecule has 1 aliphatic heterocycles. The van der Waals surface area contributed by atoms with Crippen LogP contribution < -0.4 is 5.56 Å². The molecule has 0 aliphatic carbocycles. The summed E-state index contributed by atoms with van der Waals surface area (Å²) in [5, 5.41) is 2.42. The molecule has 5 rings (SSSR count). The quantitative estimate of drug-likeness (QED) is 0.206. The number of fused-ring (bicyclic) bond motifs is 3. The van der Waals surface area contributed by atoms with Crippen molar-refractivity contribution in [2.45, 2.75) is 49.8 Å². The third-order valence-electron chi connectivity index (χ3n) is 6.09. The van der Waals surface area contributed by atoms with Gasteiger partial charge in [0, 0.05) is 17.1 Å². The molecule has 0 saturated heterocycles. The molecule has 8 heteroatoms. The van der Waals surface area contributed by atoms with Crippen LogP contribution in [0.4, 0.5) is 0 Å². The Bertz CT molecular complexity index is 1400. The lowest BCUT2D eigenvalue weighted by Gasteiger charge is -2.32. The average molecular weight is 518 g/mol. The standard InChI is InChI=1S/C25H22Cl2N2O2S2/c1-3-25(2)12-17-20(13-31-25)33-22-21(17)23(30)29(16-7-5-4-6-8-16)24(28-22)32-14-15-9-10-18(26)19(27)11-15/h4-11H,3,12-14H2,1-2H3/t25-/m1/s1. The Morgan fingerprint density at radius 2 is 1.97 bits per heavy atom. The molecular weight excluding hydrogens is 495 g/mol. The minimum atomic E-state index is -0.258. The summed E-state index contributed by atoms with van der Waals surface area (Å²) in [6, 6.07) is 15.3. The van der Waals surface area contributed by atoms with Gasteiger partial charge in [-0.25, -0.2) is 4.98 Å². The molecule has 0 N–H and O–H groups in total. The van der Waals surface area contributed by atoms with Gasteiger partial charge in [-0.15, -0.1) is 11.3 Å². The number of halogens is 2. The highest BCUT2D eigenvalue weighted by Crippen LogP contribution is 2.39. The Kier molecular flexibility index (Phi) is 6.31. The zero-order valence-corrected chi connectivity index (χ0v) is 21.4. The van der Waals surface area contributed by atoms with E-state index in [-0.39, 0.29) is 11.2 Å². The first-order valence-corrected chi connectivity index (χ1v) is 13.3. The van der Waals surface area contributed by atoms with E-state index in [2.05, 4.69) is 13.8 Å². The number of rotatable bonds is 5. The fourth-order valence-electron chi connectivity index (χ4n) is 4.01. The molecule has 0 radical (unpaired) electrons. The highest BCUT2D eigenvalue weighted by molar-refractivity contribution is 7.98. The van der Waals surface area contributed by atoms with E-state index in [1.54, 1.807) is 22.0 Å². The number of aromatic nitrogens is 2. The van der Waals surface area contributed by atoms with E-state index in [0.717, 1.165) is 44.7 Å². The molecular formula is C25H22Cl2N2O2S2. The number of hydrogen-bond acceptors (Lipinski definition) is 5. The summed E-state index contributed by atoms with van der Waals surface area (Å²) in [6.07, 6.45) is 1.61. The molecule has 2 aromatic carbocycles. The number of nitrogens with zero attached hydrogens (tertiary/aromatic N) is 2. The first-order chi connectivity index (χ1) is 15.9. The Hall–Kier alpha value is -1.83. The van der Waals surface area contributed by atoms with Crippen LogP contribution in [0.3, 0.4) is 0 Å². The molecule has 4 nitrogen and oxygen atoms in total. The predicted molar refractivity (Wildman–Crippen MR) is 138 cm³/mol. The average Bonchev–Trinajstić information content (AvgIpc) is 3.18. The van der Waals surface area contributed by atoms with Crippen LogP contribution in [-0.4, -0.2) is 15.2 Å².